The molecule has 2 N–H and O–H groups in total. The number of nitrogens with zero attached hydrogens (tertiary/aromatic N) is 1. The summed E-state index contributed by atoms with van der Waals surface area (Å²) in [7, 11) is 0. The van der Waals surface area contributed by atoms with Crippen molar-refractivity contribution in [2.24, 2.45) is 0 Å². The lowest BCUT2D eigenvalue weighted by Crippen LogP contribution is -2.19. The minimum Gasteiger partial charge on any atom is -0.375 e. The van der Waals surface area contributed by atoms with Crippen molar-refractivity contribution in [1.82, 2.24) is 15.3 Å². The van der Waals surface area contributed by atoms with Gasteiger partial charge in [0.15, 0.2) is 0 Å². The van der Waals surface area contributed by atoms with Gasteiger partial charge >= 0.3 is 0 Å². The molecule has 0 saturated heterocycles. The number of hydrogen-bond acceptors (Lipinski definition) is 4. The molecule has 1 heterocycles. The van der Waals surface area contributed by atoms with Crippen LogP contribution < -0.4 is 10.9 Å². The van der Waals surface area contributed by atoms with Crippen molar-refractivity contribution in [3.05, 3.63) is 27.9 Å². The first-order chi connectivity index (χ1) is 8.61. The Hall–Kier alpha value is -1.34. The maximum atomic E-state index is 11.8. The van der Waals surface area contributed by atoms with Crippen molar-refractivity contribution in [3.8, 4) is 0 Å². The van der Waals surface area contributed by atoms with Gasteiger partial charge in [0.25, 0.3) is 12.0 Å². The average Bonchev–Trinajstić information content (AvgIpc) is 2.31. The summed E-state index contributed by atoms with van der Waals surface area (Å²) in [6.07, 6.45) is -2.17. The molecular weight excluding hydrogens is 244 g/mol. The number of alkyl halides is 2. The van der Waals surface area contributed by atoms with Crippen LogP contribution in [0.25, 0.3) is 0 Å². The Kier molecular flexibility index (Phi) is 6.45. The standard InChI is InChI=1S/C11H17F2N3O2/c1-2-14-6-8-5-11(17)16-10(15-8)3-4-18-7-9(12)13/h5,9,14H,2-4,6-7H2,1H3,(H,15,16,17). The lowest BCUT2D eigenvalue weighted by Gasteiger charge is -2.05. The number of hydrogen-bond donors (Lipinski definition) is 2. The highest BCUT2D eigenvalue weighted by Crippen LogP contribution is 1.96. The Morgan fingerprint density at radius 3 is 3.00 bits per heavy atom. The van der Waals surface area contributed by atoms with E-state index in [0.717, 1.165) is 6.54 Å². The molecule has 7 heteroatoms. The van der Waals surface area contributed by atoms with E-state index in [2.05, 4.69) is 15.3 Å². The molecule has 102 valence electrons. The van der Waals surface area contributed by atoms with Gasteiger partial charge in [-0.3, -0.25) is 4.79 Å². The summed E-state index contributed by atoms with van der Waals surface area (Å²) >= 11 is 0. The molecule has 1 aromatic heterocycles. The Morgan fingerprint density at radius 2 is 2.33 bits per heavy atom. The first-order valence-electron chi connectivity index (χ1n) is 5.77. The number of halogens is 2. The first-order valence-corrected chi connectivity index (χ1v) is 5.77. The van der Waals surface area contributed by atoms with Crippen LogP contribution in [0.3, 0.4) is 0 Å². The van der Waals surface area contributed by atoms with Crippen molar-refractivity contribution in [3.63, 3.8) is 0 Å². The third-order valence-electron chi connectivity index (χ3n) is 2.13. The number of aromatic amines is 1. The second-order valence-electron chi connectivity index (χ2n) is 3.68. The van der Waals surface area contributed by atoms with Crippen LogP contribution in [0.15, 0.2) is 10.9 Å². The summed E-state index contributed by atoms with van der Waals surface area (Å²) in [6.45, 7) is 2.75. The highest BCUT2D eigenvalue weighted by atomic mass is 19.3. The summed E-state index contributed by atoms with van der Waals surface area (Å²) in [6, 6.07) is 1.41. The molecule has 18 heavy (non-hydrogen) atoms. The number of aromatic nitrogens is 2. The fourth-order valence-corrected chi connectivity index (χ4v) is 1.37. The predicted octanol–water partition coefficient (Wildman–Crippen LogP) is 0.704. The summed E-state index contributed by atoms with van der Waals surface area (Å²) < 4.78 is 28.4. The number of H-pyrrole nitrogens is 1. The Labute approximate surface area is 104 Å². The molecule has 0 aliphatic carbocycles. The molecule has 0 atom stereocenters. The third kappa shape index (κ3) is 5.83. The molecule has 0 spiro atoms. The Balaban J connectivity index is 2.49. The van der Waals surface area contributed by atoms with Gasteiger partial charge in [0, 0.05) is 19.0 Å². The van der Waals surface area contributed by atoms with E-state index in [-0.39, 0.29) is 12.2 Å². The van der Waals surface area contributed by atoms with Gasteiger partial charge in [-0.05, 0) is 6.54 Å². The average molecular weight is 261 g/mol. The monoisotopic (exact) mass is 261 g/mol. The van der Waals surface area contributed by atoms with E-state index in [9.17, 15) is 13.6 Å². The quantitative estimate of drug-likeness (QED) is 0.676. The zero-order chi connectivity index (χ0) is 13.4. The van der Waals surface area contributed by atoms with E-state index >= 15 is 0 Å². The molecule has 0 aliphatic rings. The highest BCUT2D eigenvalue weighted by molar-refractivity contribution is 5.02. The van der Waals surface area contributed by atoms with Crippen LogP contribution in [0, 0.1) is 0 Å². The second-order valence-corrected chi connectivity index (χ2v) is 3.68. The smallest absolute Gasteiger partial charge is 0.261 e. The van der Waals surface area contributed by atoms with Gasteiger partial charge in [0.05, 0.1) is 12.3 Å². The van der Waals surface area contributed by atoms with Crippen LogP contribution >= 0.6 is 0 Å². The first kappa shape index (κ1) is 14.7. The molecule has 1 aromatic rings. The molecule has 1 rings (SSSR count). The van der Waals surface area contributed by atoms with Crippen molar-refractivity contribution in [1.29, 1.82) is 0 Å². The molecule has 0 radical (unpaired) electrons. The fourth-order valence-electron chi connectivity index (χ4n) is 1.37. The van der Waals surface area contributed by atoms with E-state index in [0.29, 0.717) is 24.5 Å². The summed E-state index contributed by atoms with van der Waals surface area (Å²) in [4.78, 5) is 18.1. The lowest BCUT2D eigenvalue weighted by atomic mass is 10.3. The van der Waals surface area contributed by atoms with Crippen LogP contribution in [-0.2, 0) is 17.7 Å². The van der Waals surface area contributed by atoms with Gasteiger partial charge in [0.2, 0.25) is 0 Å². The molecule has 5 nitrogen and oxygen atoms in total. The number of rotatable bonds is 8. The largest absolute Gasteiger partial charge is 0.375 e. The van der Waals surface area contributed by atoms with Gasteiger partial charge in [-0.15, -0.1) is 0 Å². The van der Waals surface area contributed by atoms with Gasteiger partial charge in [-0.2, -0.15) is 0 Å². The molecule has 0 aromatic carbocycles. The van der Waals surface area contributed by atoms with Crippen LogP contribution in [-0.4, -0.2) is 36.2 Å². The van der Waals surface area contributed by atoms with E-state index in [1.165, 1.54) is 6.07 Å². The molecular formula is C11H17F2N3O2. The Morgan fingerprint density at radius 1 is 1.56 bits per heavy atom. The van der Waals surface area contributed by atoms with Crippen LogP contribution in [0.4, 0.5) is 8.78 Å². The SMILES string of the molecule is CCNCc1cc(=O)[nH]c(CCOCC(F)F)n1. The van der Waals surface area contributed by atoms with Crippen molar-refractivity contribution in [2.45, 2.75) is 26.3 Å². The fraction of sp³-hybridized carbons (Fsp3) is 0.636. The minimum atomic E-state index is -2.47. The van der Waals surface area contributed by atoms with Crippen molar-refractivity contribution >= 4 is 0 Å². The zero-order valence-corrected chi connectivity index (χ0v) is 10.2. The van der Waals surface area contributed by atoms with Gasteiger partial charge in [0.1, 0.15) is 12.4 Å². The zero-order valence-electron chi connectivity index (χ0n) is 10.2. The molecule has 0 saturated carbocycles. The van der Waals surface area contributed by atoms with E-state index in [1.54, 1.807) is 0 Å². The van der Waals surface area contributed by atoms with E-state index in [4.69, 9.17) is 4.74 Å². The molecule has 0 fully saturated rings. The maximum Gasteiger partial charge on any atom is 0.261 e. The summed E-state index contributed by atoms with van der Waals surface area (Å²) in [5.74, 6) is 0.449. The van der Waals surface area contributed by atoms with E-state index < -0.39 is 13.0 Å². The van der Waals surface area contributed by atoms with Gasteiger partial charge in [-0.25, -0.2) is 13.8 Å². The molecule has 0 aliphatic heterocycles. The highest BCUT2D eigenvalue weighted by Gasteiger charge is 2.04. The van der Waals surface area contributed by atoms with Crippen LogP contribution in [0.1, 0.15) is 18.4 Å². The molecule has 0 unspecified atom stereocenters. The predicted molar refractivity (Wildman–Crippen MR) is 62.8 cm³/mol. The summed E-state index contributed by atoms with van der Waals surface area (Å²) in [5, 5.41) is 3.06. The molecule has 0 bridgehead atoms. The van der Waals surface area contributed by atoms with Crippen molar-refractivity contribution < 1.29 is 13.5 Å². The minimum absolute atomic E-state index is 0.109. The van der Waals surface area contributed by atoms with E-state index in [1.807, 2.05) is 6.92 Å². The lowest BCUT2D eigenvalue weighted by molar-refractivity contribution is 0.0182. The van der Waals surface area contributed by atoms with Gasteiger partial charge < -0.3 is 15.0 Å². The number of nitrogens with one attached hydrogen (secondary N) is 2. The Bertz CT molecular complexity index is 410. The summed E-state index contributed by atoms with van der Waals surface area (Å²) in [5.41, 5.74) is 0.381. The van der Waals surface area contributed by atoms with Gasteiger partial charge in [-0.1, -0.05) is 6.92 Å². The van der Waals surface area contributed by atoms with Crippen LogP contribution in [0.2, 0.25) is 0 Å². The maximum absolute atomic E-state index is 11.8. The van der Waals surface area contributed by atoms with Crippen LogP contribution in [0.5, 0.6) is 0 Å². The molecule has 0 amide bonds. The topological polar surface area (TPSA) is 67.0 Å². The van der Waals surface area contributed by atoms with Crippen molar-refractivity contribution in [2.75, 3.05) is 19.8 Å². The number of ether oxygens (including phenoxy) is 1. The second kappa shape index (κ2) is 7.88. The third-order valence-corrected chi connectivity index (χ3v) is 2.13. The normalized spacial score (nSPS) is 11.1.